The molecular formula is C16H27N3O. The minimum atomic E-state index is 0.383. The van der Waals surface area contributed by atoms with Gasteiger partial charge in [0.2, 0.25) is 0 Å². The number of ether oxygens (including phenoxy) is 1. The Bertz CT molecular complexity index is 383. The summed E-state index contributed by atoms with van der Waals surface area (Å²) in [7, 11) is 0. The Morgan fingerprint density at radius 3 is 2.50 bits per heavy atom. The summed E-state index contributed by atoms with van der Waals surface area (Å²) in [5, 5.41) is 3.22. The van der Waals surface area contributed by atoms with E-state index in [2.05, 4.69) is 36.1 Å². The van der Waals surface area contributed by atoms with E-state index in [4.69, 9.17) is 4.74 Å². The molecule has 1 aliphatic rings. The van der Waals surface area contributed by atoms with Gasteiger partial charge >= 0.3 is 0 Å². The highest BCUT2D eigenvalue weighted by molar-refractivity contribution is 5.30. The van der Waals surface area contributed by atoms with E-state index in [0.717, 1.165) is 36.3 Å². The van der Waals surface area contributed by atoms with Crippen LogP contribution in [-0.2, 0) is 11.3 Å². The van der Waals surface area contributed by atoms with Crippen molar-refractivity contribution in [3.05, 3.63) is 18.1 Å². The molecule has 0 aliphatic heterocycles. The zero-order valence-corrected chi connectivity index (χ0v) is 12.9. The van der Waals surface area contributed by atoms with Crippen LogP contribution in [-0.4, -0.2) is 22.6 Å². The average Bonchev–Trinajstić information content (AvgIpc) is 2.43. The van der Waals surface area contributed by atoms with Gasteiger partial charge in [-0.3, -0.25) is 4.98 Å². The average molecular weight is 277 g/mol. The number of hydrogen-bond acceptors (Lipinski definition) is 4. The van der Waals surface area contributed by atoms with Gasteiger partial charge in [-0.2, -0.15) is 0 Å². The molecule has 0 aromatic carbocycles. The molecule has 1 aliphatic carbocycles. The molecule has 1 saturated carbocycles. The lowest BCUT2D eigenvalue weighted by molar-refractivity contribution is -0.0106. The van der Waals surface area contributed by atoms with Crippen LogP contribution in [0.4, 0.5) is 5.82 Å². The molecule has 4 heteroatoms. The molecule has 1 heterocycles. The first-order valence-electron chi connectivity index (χ1n) is 7.83. The molecule has 20 heavy (non-hydrogen) atoms. The van der Waals surface area contributed by atoms with E-state index < -0.39 is 0 Å². The third-order valence-electron chi connectivity index (χ3n) is 3.86. The van der Waals surface area contributed by atoms with Crippen molar-refractivity contribution in [2.45, 2.75) is 59.2 Å². The summed E-state index contributed by atoms with van der Waals surface area (Å²) in [5.41, 5.74) is 0.915. The van der Waals surface area contributed by atoms with Gasteiger partial charge in [0.05, 0.1) is 30.8 Å². The van der Waals surface area contributed by atoms with Gasteiger partial charge in [-0.15, -0.1) is 0 Å². The second kappa shape index (κ2) is 7.58. The van der Waals surface area contributed by atoms with Gasteiger partial charge < -0.3 is 10.1 Å². The van der Waals surface area contributed by atoms with Crippen molar-refractivity contribution in [3.63, 3.8) is 0 Å². The van der Waals surface area contributed by atoms with Crippen LogP contribution in [0.25, 0.3) is 0 Å². The van der Waals surface area contributed by atoms with Gasteiger partial charge in [0.15, 0.2) is 0 Å². The van der Waals surface area contributed by atoms with Crippen LogP contribution in [0, 0.1) is 11.8 Å². The third kappa shape index (κ3) is 4.75. The zero-order chi connectivity index (χ0) is 14.4. The summed E-state index contributed by atoms with van der Waals surface area (Å²) in [6.07, 6.45) is 8.76. The molecule has 112 valence electrons. The first-order chi connectivity index (χ1) is 9.67. The Morgan fingerprint density at radius 2 is 1.90 bits per heavy atom. The maximum Gasteiger partial charge on any atom is 0.144 e. The number of rotatable bonds is 6. The first kappa shape index (κ1) is 15.2. The predicted octanol–water partition coefficient (Wildman–Crippen LogP) is 3.64. The number of nitrogens with zero attached hydrogens (tertiary/aromatic N) is 2. The van der Waals surface area contributed by atoms with E-state index in [9.17, 15) is 0 Å². The van der Waals surface area contributed by atoms with E-state index in [0.29, 0.717) is 12.7 Å². The van der Waals surface area contributed by atoms with Crippen LogP contribution in [0.5, 0.6) is 0 Å². The zero-order valence-electron chi connectivity index (χ0n) is 12.9. The standard InChI is InChI=1S/C16H27N3O/c1-4-5-17-16-10-18-14(9-19-16)11-20-15-7-12(2)6-13(3)8-15/h9-10,12-13,15H,4-8,11H2,1-3H3,(H,17,19). The summed E-state index contributed by atoms with van der Waals surface area (Å²) in [6, 6.07) is 0. The minimum Gasteiger partial charge on any atom is -0.372 e. The molecule has 2 atom stereocenters. The molecule has 1 aromatic heterocycles. The van der Waals surface area contributed by atoms with Gasteiger partial charge in [-0.05, 0) is 37.5 Å². The van der Waals surface area contributed by atoms with Gasteiger partial charge in [-0.1, -0.05) is 20.8 Å². The number of nitrogens with one attached hydrogen (secondary N) is 1. The van der Waals surface area contributed by atoms with Crippen molar-refractivity contribution in [2.24, 2.45) is 11.8 Å². The third-order valence-corrected chi connectivity index (χ3v) is 3.86. The highest BCUT2D eigenvalue weighted by atomic mass is 16.5. The molecule has 1 N–H and O–H groups in total. The van der Waals surface area contributed by atoms with Crippen LogP contribution < -0.4 is 5.32 Å². The smallest absolute Gasteiger partial charge is 0.144 e. The van der Waals surface area contributed by atoms with E-state index in [1.807, 2.05) is 6.20 Å². The fourth-order valence-electron chi connectivity index (χ4n) is 2.99. The fourth-order valence-corrected chi connectivity index (χ4v) is 2.99. The molecule has 1 aromatic rings. The lowest BCUT2D eigenvalue weighted by Crippen LogP contribution is -2.26. The molecule has 0 radical (unpaired) electrons. The largest absolute Gasteiger partial charge is 0.372 e. The lowest BCUT2D eigenvalue weighted by Gasteiger charge is -2.31. The van der Waals surface area contributed by atoms with Crippen molar-refractivity contribution < 1.29 is 4.74 Å². The number of hydrogen-bond donors (Lipinski definition) is 1. The Labute approximate surface area is 122 Å². The van der Waals surface area contributed by atoms with Gasteiger partial charge in [0.1, 0.15) is 5.82 Å². The van der Waals surface area contributed by atoms with Gasteiger partial charge in [0, 0.05) is 6.54 Å². The first-order valence-corrected chi connectivity index (χ1v) is 7.83. The topological polar surface area (TPSA) is 47.0 Å². The van der Waals surface area contributed by atoms with Crippen molar-refractivity contribution in [1.82, 2.24) is 9.97 Å². The molecule has 2 unspecified atom stereocenters. The molecule has 0 bridgehead atoms. The summed E-state index contributed by atoms with van der Waals surface area (Å²) in [4.78, 5) is 8.76. The Morgan fingerprint density at radius 1 is 1.15 bits per heavy atom. The predicted molar refractivity (Wildman–Crippen MR) is 81.6 cm³/mol. The van der Waals surface area contributed by atoms with Crippen LogP contribution >= 0.6 is 0 Å². The molecule has 0 amide bonds. The van der Waals surface area contributed by atoms with Gasteiger partial charge in [-0.25, -0.2) is 4.98 Å². The highest BCUT2D eigenvalue weighted by Gasteiger charge is 2.24. The quantitative estimate of drug-likeness (QED) is 0.862. The molecule has 0 spiro atoms. The Hall–Kier alpha value is -1.16. The van der Waals surface area contributed by atoms with Crippen LogP contribution in [0.1, 0.15) is 52.1 Å². The number of anilines is 1. The van der Waals surface area contributed by atoms with Crippen LogP contribution in [0.15, 0.2) is 12.4 Å². The summed E-state index contributed by atoms with van der Waals surface area (Å²) < 4.78 is 6.01. The molecule has 0 saturated heterocycles. The van der Waals surface area contributed by atoms with Crippen molar-refractivity contribution in [2.75, 3.05) is 11.9 Å². The maximum atomic E-state index is 6.01. The monoisotopic (exact) mass is 277 g/mol. The lowest BCUT2D eigenvalue weighted by atomic mass is 9.82. The summed E-state index contributed by atoms with van der Waals surface area (Å²) in [6.45, 7) is 8.28. The maximum absolute atomic E-state index is 6.01. The second-order valence-electron chi connectivity index (χ2n) is 6.17. The van der Waals surface area contributed by atoms with Crippen LogP contribution in [0.3, 0.4) is 0 Å². The number of aromatic nitrogens is 2. The van der Waals surface area contributed by atoms with Crippen LogP contribution in [0.2, 0.25) is 0 Å². The molecular weight excluding hydrogens is 250 g/mol. The van der Waals surface area contributed by atoms with E-state index in [-0.39, 0.29) is 0 Å². The fraction of sp³-hybridized carbons (Fsp3) is 0.750. The van der Waals surface area contributed by atoms with Crippen molar-refractivity contribution in [1.29, 1.82) is 0 Å². The second-order valence-corrected chi connectivity index (χ2v) is 6.17. The summed E-state index contributed by atoms with van der Waals surface area (Å²) >= 11 is 0. The van der Waals surface area contributed by atoms with E-state index in [1.54, 1.807) is 6.20 Å². The van der Waals surface area contributed by atoms with Crippen molar-refractivity contribution >= 4 is 5.82 Å². The molecule has 4 nitrogen and oxygen atoms in total. The van der Waals surface area contributed by atoms with Gasteiger partial charge in [0.25, 0.3) is 0 Å². The Kier molecular flexibility index (Phi) is 5.77. The SMILES string of the molecule is CCCNc1cnc(COC2CC(C)CC(C)C2)cn1. The van der Waals surface area contributed by atoms with E-state index >= 15 is 0 Å². The van der Waals surface area contributed by atoms with E-state index in [1.165, 1.54) is 19.3 Å². The molecule has 2 rings (SSSR count). The minimum absolute atomic E-state index is 0.383. The summed E-state index contributed by atoms with van der Waals surface area (Å²) in [5.74, 6) is 2.39. The normalized spacial score (nSPS) is 26.4. The highest BCUT2D eigenvalue weighted by Crippen LogP contribution is 2.30. The van der Waals surface area contributed by atoms with Crippen molar-refractivity contribution in [3.8, 4) is 0 Å². The molecule has 1 fully saturated rings. The Balaban J connectivity index is 1.78.